The molecule has 0 radical (unpaired) electrons. The highest BCUT2D eigenvalue weighted by Crippen LogP contribution is 2.02. The first kappa shape index (κ1) is 11.8. The molecule has 0 aromatic carbocycles. The van der Waals surface area contributed by atoms with E-state index in [1.165, 1.54) is 6.08 Å². The van der Waals surface area contributed by atoms with Gasteiger partial charge in [0.1, 0.15) is 0 Å². The van der Waals surface area contributed by atoms with E-state index in [1.54, 1.807) is 0 Å². The molecule has 0 aromatic rings. The van der Waals surface area contributed by atoms with Crippen LogP contribution in [0.3, 0.4) is 0 Å². The SMILES string of the molecule is C[Si](C)(C)OC(=O)C=CC[N+](=O)[O-]. The predicted molar refractivity (Wildman–Crippen MR) is 50.4 cm³/mol. The van der Waals surface area contributed by atoms with Gasteiger partial charge in [-0.25, -0.2) is 4.79 Å². The standard InChI is InChI=1S/C7H13NO4Si/c1-13(2,3)12-7(9)5-4-6-8(10)11/h4-5H,6H2,1-3H3. The number of carbonyl (C=O) groups excluding carboxylic acids is 1. The number of nitrogens with zero attached hydrogens (tertiary/aromatic N) is 1. The van der Waals surface area contributed by atoms with Crippen molar-refractivity contribution in [1.82, 2.24) is 0 Å². The summed E-state index contributed by atoms with van der Waals surface area (Å²) in [7, 11) is -1.87. The van der Waals surface area contributed by atoms with Crippen molar-refractivity contribution >= 4 is 14.3 Å². The highest BCUT2D eigenvalue weighted by Gasteiger charge is 2.18. The largest absolute Gasteiger partial charge is 0.517 e. The number of rotatable bonds is 4. The van der Waals surface area contributed by atoms with E-state index in [0.717, 1.165) is 6.08 Å². The topological polar surface area (TPSA) is 69.4 Å². The molecule has 0 saturated carbocycles. The lowest BCUT2D eigenvalue weighted by Crippen LogP contribution is -2.28. The van der Waals surface area contributed by atoms with Gasteiger partial charge in [-0.05, 0) is 25.7 Å². The van der Waals surface area contributed by atoms with Crippen LogP contribution >= 0.6 is 0 Å². The molecule has 0 aromatic heterocycles. The summed E-state index contributed by atoms with van der Waals surface area (Å²) in [5.41, 5.74) is 0. The van der Waals surface area contributed by atoms with Gasteiger partial charge in [-0.2, -0.15) is 0 Å². The van der Waals surface area contributed by atoms with Crippen LogP contribution in [-0.4, -0.2) is 25.8 Å². The first-order valence-corrected chi connectivity index (χ1v) is 7.23. The average molecular weight is 203 g/mol. The lowest BCUT2D eigenvalue weighted by molar-refractivity contribution is -0.468. The molecule has 13 heavy (non-hydrogen) atoms. The van der Waals surface area contributed by atoms with Gasteiger partial charge >= 0.3 is 5.97 Å². The molecule has 74 valence electrons. The fourth-order valence-corrected chi connectivity index (χ4v) is 1.24. The Morgan fingerprint density at radius 3 is 2.46 bits per heavy atom. The van der Waals surface area contributed by atoms with Gasteiger partial charge in [0.25, 0.3) is 0 Å². The lowest BCUT2D eigenvalue weighted by atomic mass is 10.5. The summed E-state index contributed by atoms with van der Waals surface area (Å²) < 4.78 is 5.01. The number of carbonyl (C=O) groups is 1. The van der Waals surface area contributed by atoms with E-state index in [4.69, 9.17) is 4.43 Å². The minimum Gasteiger partial charge on any atom is -0.517 e. The van der Waals surface area contributed by atoms with Crippen LogP contribution in [0.1, 0.15) is 0 Å². The molecule has 0 spiro atoms. The van der Waals surface area contributed by atoms with Crippen LogP contribution in [0.15, 0.2) is 12.2 Å². The van der Waals surface area contributed by atoms with Crippen molar-refractivity contribution in [2.24, 2.45) is 0 Å². The molecule has 0 aliphatic rings. The quantitative estimate of drug-likeness (QED) is 0.298. The molecule has 6 heteroatoms. The van der Waals surface area contributed by atoms with E-state index in [0.29, 0.717) is 0 Å². The molecular weight excluding hydrogens is 190 g/mol. The van der Waals surface area contributed by atoms with Crippen LogP contribution in [0.5, 0.6) is 0 Å². The van der Waals surface area contributed by atoms with Crippen molar-refractivity contribution in [2.75, 3.05) is 6.54 Å². The van der Waals surface area contributed by atoms with E-state index < -0.39 is 19.2 Å². The van der Waals surface area contributed by atoms with Gasteiger partial charge in [-0.1, -0.05) is 0 Å². The molecule has 5 nitrogen and oxygen atoms in total. The lowest BCUT2D eigenvalue weighted by Gasteiger charge is -2.15. The second-order valence-electron chi connectivity index (χ2n) is 3.45. The molecule has 0 bridgehead atoms. The van der Waals surface area contributed by atoms with E-state index in [9.17, 15) is 14.9 Å². The summed E-state index contributed by atoms with van der Waals surface area (Å²) in [5, 5.41) is 9.88. The van der Waals surface area contributed by atoms with Gasteiger partial charge in [0.15, 0.2) is 0 Å². The molecular formula is C7H13NO4Si. The highest BCUT2D eigenvalue weighted by molar-refractivity contribution is 6.71. The van der Waals surface area contributed by atoms with E-state index >= 15 is 0 Å². The molecule has 0 saturated heterocycles. The monoisotopic (exact) mass is 203 g/mol. The van der Waals surface area contributed by atoms with E-state index in [-0.39, 0.29) is 6.54 Å². The van der Waals surface area contributed by atoms with Crippen molar-refractivity contribution in [3.8, 4) is 0 Å². The molecule has 0 atom stereocenters. The van der Waals surface area contributed by atoms with Crippen molar-refractivity contribution in [3.05, 3.63) is 22.3 Å². The third kappa shape index (κ3) is 8.74. The van der Waals surface area contributed by atoms with Crippen molar-refractivity contribution < 1.29 is 14.1 Å². The summed E-state index contributed by atoms with van der Waals surface area (Å²) in [6, 6.07) is 0. The number of nitro groups is 1. The Hall–Kier alpha value is -1.17. The second-order valence-corrected chi connectivity index (χ2v) is 7.88. The molecule has 0 aliphatic carbocycles. The second kappa shape index (κ2) is 4.76. The minimum atomic E-state index is -1.87. The fourth-order valence-electron chi connectivity index (χ4n) is 0.571. The zero-order valence-corrected chi connectivity index (χ0v) is 8.94. The Kier molecular flexibility index (Phi) is 4.33. The van der Waals surface area contributed by atoms with Crippen LogP contribution in [0.25, 0.3) is 0 Å². The Morgan fingerprint density at radius 2 is 2.08 bits per heavy atom. The average Bonchev–Trinajstić information content (AvgIpc) is 1.81. The predicted octanol–water partition coefficient (Wildman–Crippen LogP) is 1.20. The summed E-state index contributed by atoms with van der Waals surface area (Å²) in [4.78, 5) is 20.3. The maximum absolute atomic E-state index is 10.9. The first-order valence-electron chi connectivity index (χ1n) is 3.82. The van der Waals surface area contributed by atoms with Gasteiger partial charge in [0.2, 0.25) is 14.9 Å². The summed E-state index contributed by atoms with van der Waals surface area (Å²) in [6.45, 7) is 5.26. The van der Waals surface area contributed by atoms with Gasteiger partial charge in [0.05, 0.1) is 0 Å². The van der Waals surface area contributed by atoms with Crippen LogP contribution in [0.2, 0.25) is 19.6 Å². The molecule has 0 aliphatic heterocycles. The molecule has 0 amide bonds. The fraction of sp³-hybridized carbons (Fsp3) is 0.571. The Bertz CT molecular complexity index is 231. The van der Waals surface area contributed by atoms with Gasteiger partial charge in [-0.15, -0.1) is 0 Å². The summed E-state index contributed by atoms with van der Waals surface area (Å²) >= 11 is 0. The molecule has 0 fully saturated rings. The first-order chi connectivity index (χ1) is 5.81. The van der Waals surface area contributed by atoms with Crippen molar-refractivity contribution in [3.63, 3.8) is 0 Å². The van der Waals surface area contributed by atoms with Crippen LogP contribution in [-0.2, 0) is 9.22 Å². The number of hydrogen-bond acceptors (Lipinski definition) is 4. The van der Waals surface area contributed by atoms with Crippen LogP contribution < -0.4 is 0 Å². The molecule has 0 rings (SSSR count). The van der Waals surface area contributed by atoms with Gasteiger partial charge in [-0.3, -0.25) is 10.1 Å². The maximum atomic E-state index is 10.9. The highest BCUT2D eigenvalue weighted by atomic mass is 28.4. The third-order valence-corrected chi connectivity index (χ3v) is 1.73. The van der Waals surface area contributed by atoms with E-state index in [2.05, 4.69) is 0 Å². The normalized spacial score (nSPS) is 11.6. The molecule has 0 N–H and O–H groups in total. The molecule has 0 heterocycles. The zero-order chi connectivity index (χ0) is 10.5. The smallest absolute Gasteiger partial charge is 0.317 e. The third-order valence-electron chi connectivity index (χ3n) is 0.915. The Morgan fingerprint density at radius 1 is 1.54 bits per heavy atom. The molecule has 0 unspecified atom stereocenters. The van der Waals surface area contributed by atoms with Gasteiger partial charge in [0, 0.05) is 11.0 Å². The van der Waals surface area contributed by atoms with Crippen molar-refractivity contribution in [1.29, 1.82) is 0 Å². The maximum Gasteiger partial charge on any atom is 0.317 e. The van der Waals surface area contributed by atoms with E-state index in [1.807, 2.05) is 19.6 Å². The minimum absolute atomic E-state index is 0.346. The Balaban J connectivity index is 3.88. The van der Waals surface area contributed by atoms with Crippen molar-refractivity contribution in [2.45, 2.75) is 19.6 Å². The summed E-state index contributed by atoms with van der Waals surface area (Å²) in [5.74, 6) is -0.499. The van der Waals surface area contributed by atoms with Gasteiger partial charge < -0.3 is 4.43 Å². The number of hydrogen-bond donors (Lipinski definition) is 0. The van der Waals surface area contributed by atoms with Crippen LogP contribution in [0.4, 0.5) is 0 Å². The van der Waals surface area contributed by atoms with Crippen LogP contribution in [0, 0.1) is 10.1 Å². The summed E-state index contributed by atoms with van der Waals surface area (Å²) in [6.07, 6.45) is 2.28. The Labute approximate surface area is 77.7 Å². The zero-order valence-electron chi connectivity index (χ0n) is 7.94.